The zero-order chi connectivity index (χ0) is 23.4. The SMILES string of the molecule is CC(C)(C)OC(=O)COC1CCC(C(=O)OCCC(F)(F)C(F)(F)S(=O)(=O)O)CC1. The van der Waals surface area contributed by atoms with E-state index < -0.39 is 57.8 Å². The summed E-state index contributed by atoms with van der Waals surface area (Å²) < 4.78 is 97.0. The minimum Gasteiger partial charge on any atom is -0.465 e. The monoisotopic (exact) mass is 466 g/mol. The first-order valence-electron chi connectivity index (χ1n) is 9.19. The van der Waals surface area contributed by atoms with Crippen molar-refractivity contribution in [2.75, 3.05) is 13.2 Å². The second-order valence-corrected chi connectivity index (χ2v) is 9.45. The van der Waals surface area contributed by atoms with Crippen molar-refractivity contribution >= 4 is 22.1 Å². The first kappa shape index (κ1) is 26.6. The van der Waals surface area contributed by atoms with E-state index in [4.69, 9.17) is 14.0 Å². The Morgan fingerprint density at radius 2 is 1.57 bits per heavy atom. The fourth-order valence-electron chi connectivity index (χ4n) is 2.75. The molecule has 0 amide bonds. The minimum atomic E-state index is -6.33. The maximum absolute atomic E-state index is 13.4. The van der Waals surface area contributed by atoms with Crippen LogP contribution in [0.4, 0.5) is 17.6 Å². The van der Waals surface area contributed by atoms with Crippen LogP contribution in [0.1, 0.15) is 52.9 Å². The lowest BCUT2D eigenvalue weighted by Crippen LogP contribution is -2.47. The highest BCUT2D eigenvalue weighted by atomic mass is 32.2. The smallest absolute Gasteiger partial charge is 0.431 e. The van der Waals surface area contributed by atoms with Crippen LogP contribution in [0, 0.1) is 5.92 Å². The van der Waals surface area contributed by atoms with Crippen molar-refractivity contribution in [3.63, 3.8) is 0 Å². The molecule has 0 saturated heterocycles. The zero-order valence-corrected chi connectivity index (χ0v) is 17.6. The molecule has 0 heterocycles. The number of esters is 2. The molecule has 1 N–H and O–H groups in total. The van der Waals surface area contributed by atoms with E-state index in [1.54, 1.807) is 20.8 Å². The highest BCUT2D eigenvalue weighted by Gasteiger charge is 2.65. The predicted molar refractivity (Wildman–Crippen MR) is 94.6 cm³/mol. The predicted octanol–water partition coefficient (Wildman–Crippen LogP) is 2.95. The summed E-state index contributed by atoms with van der Waals surface area (Å²) in [6.07, 6.45) is -0.761. The Hall–Kier alpha value is -1.47. The van der Waals surface area contributed by atoms with Crippen LogP contribution in [0.5, 0.6) is 0 Å². The van der Waals surface area contributed by atoms with Crippen molar-refractivity contribution < 1.29 is 54.3 Å². The first-order chi connectivity index (χ1) is 13.5. The molecule has 0 aromatic rings. The van der Waals surface area contributed by atoms with E-state index in [2.05, 4.69) is 4.74 Å². The molecule has 1 rings (SSSR count). The maximum Gasteiger partial charge on any atom is 0.431 e. The zero-order valence-electron chi connectivity index (χ0n) is 16.8. The molecule has 0 atom stereocenters. The van der Waals surface area contributed by atoms with Crippen LogP contribution in [0.25, 0.3) is 0 Å². The summed E-state index contributed by atoms with van der Waals surface area (Å²) in [5, 5.41) is -5.70. The highest BCUT2D eigenvalue weighted by Crippen LogP contribution is 2.40. The minimum absolute atomic E-state index is 0.256. The van der Waals surface area contributed by atoms with Gasteiger partial charge in [-0.05, 0) is 46.5 Å². The van der Waals surface area contributed by atoms with Gasteiger partial charge in [-0.25, -0.2) is 4.79 Å². The molecule has 1 saturated carbocycles. The lowest BCUT2D eigenvalue weighted by atomic mass is 9.87. The third-order valence-corrected chi connectivity index (χ3v) is 5.22. The van der Waals surface area contributed by atoms with Gasteiger partial charge < -0.3 is 14.2 Å². The molecule has 1 aliphatic rings. The second-order valence-electron chi connectivity index (χ2n) is 7.98. The van der Waals surface area contributed by atoms with Crippen LogP contribution in [-0.2, 0) is 33.9 Å². The Bertz CT molecular complexity index is 710. The molecule has 0 unspecified atom stereocenters. The number of ether oxygens (including phenoxy) is 3. The van der Waals surface area contributed by atoms with Crippen molar-refractivity contribution in [2.24, 2.45) is 5.92 Å². The van der Waals surface area contributed by atoms with Crippen LogP contribution >= 0.6 is 0 Å². The van der Waals surface area contributed by atoms with Crippen LogP contribution in [0.15, 0.2) is 0 Å². The molecule has 8 nitrogen and oxygen atoms in total. The van der Waals surface area contributed by atoms with Crippen LogP contribution < -0.4 is 0 Å². The van der Waals surface area contributed by atoms with Crippen molar-refractivity contribution in [2.45, 2.75) is 75.8 Å². The molecular weight excluding hydrogens is 440 g/mol. The highest BCUT2D eigenvalue weighted by molar-refractivity contribution is 7.87. The summed E-state index contributed by atoms with van der Waals surface area (Å²) in [5.74, 6) is -7.20. The third-order valence-electron chi connectivity index (χ3n) is 4.27. The first-order valence-corrected chi connectivity index (χ1v) is 10.6. The van der Waals surface area contributed by atoms with Gasteiger partial charge in [0.2, 0.25) is 0 Å². The standard InChI is InChI=1S/C17H26F4O8S/c1-15(2,3)29-13(22)10-28-12-6-4-11(5-7-12)14(23)27-9-8-16(18,19)17(20,21)30(24,25)26/h11-12H,4-10H2,1-3H3,(H,24,25,26). The second kappa shape index (κ2) is 9.77. The molecule has 0 aromatic heterocycles. The normalized spacial score (nSPS) is 21.2. The van der Waals surface area contributed by atoms with Gasteiger partial charge in [-0.1, -0.05) is 0 Å². The van der Waals surface area contributed by atoms with E-state index in [9.17, 15) is 35.6 Å². The van der Waals surface area contributed by atoms with Crippen LogP contribution in [0.3, 0.4) is 0 Å². The molecular formula is C17H26F4O8S. The summed E-state index contributed by atoms with van der Waals surface area (Å²) >= 11 is 0. The quantitative estimate of drug-likeness (QED) is 0.313. The Kier molecular flexibility index (Phi) is 8.65. The maximum atomic E-state index is 13.4. The van der Waals surface area contributed by atoms with Gasteiger partial charge in [-0.2, -0.15) is 26.0 Å². The molecule has 0 aliphatic heterocycles. The average molecular weight is 466 g/mol. The van der Waals surface area contributed by atoms with E-state index in [0.717, 1.165) is 0 Å². The lowest BCUT2D eigenvalue weighted by Gasteiger charge is -2.28. The summed E-state index contributed by atoms with van der Waals surface area (Å²) in [6.45, 7) is 3.73. The molecule has 1 aliphatic carbocycles. The number of hydrogen-bond donors (Lipinski definition) is 1. The van der Waals surface area contributed by atoms with Gasteiger partial charge in [0, 0.05) is 0 Å². The molecule has 0 spiro atoms. The van der Waals surface area contributed by atoms with E-state index in [0.29, 0.717) is 12.8 Å². The van der Waals surface area contributed by atoms with E-state index in [-0.39, 0.29) is 25.6 Å². The summed E-state index contributed by atoms with van der Waals surface area (Å²) in [4.78, 5) is 23.5. The van der Waals surface area contributed by atoms with Crippen molar-refractivity contribution in [3.8, 4) is 0 Å². The van der Waals surface area contributed by atoms with Crippen molar-refractivity contribution in [3.05, 3.63) is 0 Å². The van der Waals surface area contributed by atoms with Gasteiger partial charge in [-0.3, -0.25) is 9.35 Å². The van der Waals surface area contributed by atoms with Gasteiger partial charge >= 0.3 is 33.2 Å². The fraction of sp³-hybridized carbons (Fsp3) is 0.882. The number of carbonyl (C=O) groups is 2. The van der Waals surface area contributed by atoms with Gasteiger partial charge in [0.05, 0.1) is 25.0 Å². The van der Waals surface area contributed by atoms with Gasteiger partial charge in [-0.15, -0.1) is 0 Å². The fourth-order valence-corrected chi connectivity index (χ4v) is 3.23. The molecule has 1 fully saturated rings. The number of halogens is 4. The van der Waals surface area contributed by atoms with Crippen LogP contribution in [-0.4, -0.2) is 61.0 Å². The Morgan fingerprint density at radius 1 is 1.03 bits per heavy atom. The molecule has 0 radical (unpaired) electrons. The number of hydrogen-bond acceptors (Lipinski definition) is 7. The molecule has 0 bridgehead atoms. The van der Waals surface area contributed by atoms with Gasteiger partial charge in [0.25, 0.3) is 0 Å². The molecule has 0 aromatic carbocycles. The Balaban J connectivity index is 2.39. The lowest BCUT2D eigenvalue weighted by molar-refractivity contribution is -0.177. The topological polar surface area (TPSA) is 116 Å². The molecule has 30 heavy (non-hydrogen) atoms. The van der Waals surface area contributed by atoms with Crippen molar-refractivity contribution in [1.29, 1.82) is 0 Å². The van der Waals surface area contributed by atoms with E-state index in [1.165, 1.54) is 0 Å². The summed E-state index contributed by atoms with van der Waals surface area (Å²) in [5.41, 5.74) is -0.649. The van der Waals surface area contributed by atoms with Crippen LogP contribution in [0.2, 0.25) is 0 Å². The number of carbonyl (C=O) groups excluding carboxylic acids is 2. The van der Waals surface area contributed by atoms with Gasteiger partial charge in [0.1, 0.15) is 12.2 Å². The largest absolute Gasteiger partial charge is 0.465 e. The van der Waals surface area contributed by atoms with E-state index >= 15 is 0 Å². The summed E-state index contributed by atoms with van der Waals surface area (Å²) in [7, 11) is -6.33. The third kappa shape index (κ3) is 7.65. The van der Waals surface area contributed by atoms with E-state index in [1.807, 2.05) is 0 Å². The number of alkyl halides is 4. The molecule has 176 valence electrons. The Labute approximate surface area is 172 Å². The molecule has 13 heteroatoms. The van der Waals surface area contributed by atoms with Gasteiger partial charge in [0.15, 0.2) is 0 Å². The van der Waals surface area contributed by atoms with Crippen molar-refractivity contribution in [1.82, 2.24) is 0 Å². The summed E-state index contributed by atoms with van der Waals surface area (Å²) in [6, 6.07) is 0. The number of rotatable bonds is 9. The Morgan fingerprint density at radius 3 is 2.03 bits per heavy atom. The average Bonchev–Trinajstić information content (AvgIpc) is 2.57.